The van der Waals surface area contributed by atoms with E-state index in [4.69, 9.17) is 60.9 Å². The van der Waals surface area contributed by atoms with Gasteiger partial charge in [0.15, 0.2) is 16.7 Å². The molecule has 11 heteroatoms. The topological polar surface area (TPSA) is 51.1 Å². The molecule has 0 aromatic heterocycles. The molecule has 0 aliphatic carbocycles. The summed E-state index contributed by atoms with van der Waals surface area (Å²) >= 11 is 28.7. The number of aliphatic imine (C=N–C) groups is 1. The number of rotatable bonds is 8. The SMILES string of the molecule is CCOc1cc(/C=C2/SC(=Nc3ccc(C)c(Cl)c3)N(c3ccc(C)c(Cl)c3)C2=O)cc(I)c1OCc1ccc(Cl)cc1Cl. The summed E-state index contributed by atoms with van der Waals surface area (Å²) in [4.78, 5) is 20.8. The van der Waals surface area contributed by atoms with E-state index in [-0.39, 0.29) is 12.5 Å². The van der Waals surface area contributed by atoms with Crippen molar-refractivity contribution in [2.24, 2.45) is 4.99 Å². The van der Waals surface area contributed by atoms with Crippen LogP contribution in [0.25, 0.3) is 6.08 Å². The van der Waals surface area contributed by atoms with Gasteiger partial charge in [0.05, 0.1) is 26.5 Å². The van der Waals surface area contributed by atoms with Crippen molar-refractivity contribution in [2.45, 2.75) is 27.4 Å². The molecule has 0 saturated carbocycles. The summed E-state index contributed by atoms with van der Waals surface area (Å²) in [5.41, 5.74) is 4.67. The Bertz CT molecular complexity index is 1830. The molecular weight excluding hydrogens is 773 g/mol. The highest BCUT2D eigenvalue weighted by molar-refractivity contribution is 14.1. The summed E-state index contributed by atoms with van der Waals surface area (Å²) < 4.78 is 12.9. The number of amides is 1. The minimum Gasteiger partial charge on any atom is -0.490 e. The molecule has 226 valence electrons. The molecule has 1 aliphatic heterocycles. The number of halogens is 5. The molecule has 0 unspecified atom stereocenters. The van der Waals surface area contributed by atoms with Crippen LogP contribution in [0.2, 0.25) is 20.1 Å². The van der Waals surface area contributed by atoms with Gasteiger partial charge in [0.25, 0.3) is 5.91 Å². The Kier molecular flexibility index (Phi) is 10.8. The van der Waals surface area contributed by atoms with Crippen LogP contribution in [-0.4, -0.2) is 17.7 Å². The molecule has 1 aliphatic rings. The number of anilines is 1. The second kappa shape index (κ2) is 14.4. The maximum Gasteiger partial charge on any atom is 0.271 e. The fraction of sp³-hybridized carbons (Fsp3) is 0.152. The van der Waals surface area contributed by atoms with E-state index in [1.165, 1.54) is 11.8 Å². The number of hydrogen-bond acceptors (Lipinski definition) is 5. The first kappa shape index (κ1) is 33.0. The molecular formula is C33H25Cl4IN2O3S. The van der Waals surface area contributed by atoms with Crippen molar-refractivity contribution in [2.75, 3.05) is 11.5 Å². The Morgan fingerprint density at radius 2 is 1.61 bits per heavy atom. The monoisotopic (exact) mass is 796 g/mol. The Hall–Kier alpha value is -2.40. The summed E-state index contributed by atoms with van der Waals surface area (Å²) in [5.74, 6) is 0.912. The van der Waals surface area contributed by atoms with Crippen molar-refractivity contribution in [3.05, 3.63) is 118 Å². The lowest BCUT2D eigenvalue weighted by Crippen LogP contribution is -2.28. The van der Waals surface area contributed by atoms with Gasteiger partial charge in [0, 0.05) is 25.7 Å². The summed E-state index contributed by atoms with van der Waals surface area (Å²) in [6, 6.07) is 20.1. The Labute approximate surface area is 294 Å². The molecule has 1 heterocycles. The molecule has 4 aromatic rings. The van der Waals surface area contributed by atoms with E-state index in [9.17, 15) is 4.79 Å². The number of thioether (sulfide) groups is 1. The van der Waals surface area contributed by atoms with E-state index in [1.807, 2.05) is 69.3 Å². The Balaban J connectivity index is 1.51. The van der Waals surface area contributed by atoms with Crippen LogP contribution < -0.4 is 14.4 Å². The van der Waals surface area contributed by atoms with Gasteiger partial charge in [-0.2, -0.15) is 0 Å². The molecule has 0 N–H and O–H groups in total. The Morgan fingerprint density at radius 1 is 0.886 bits per heavy atom. The van der Waals surface area contributed by atoms with Gasteiger partial charge in [0.2, 0.25) is 0 Å². The molecule has 0 atom stereocenters. The standard InChI is InChI=1S/C33H25Cl4IN2O3S/c1-4-42-29-12-20(11-28(38)31(29)43-17-21-7-8-22(34)14-27(21)37)13-30-32(41)40(24-10-6-19(3)26(36)16-24)33(44-30)39-23-9-5-18(2)25(35)15-23/h5-16H,4,17H2,1-3H3/b30-13+,39-33?. The van der Waals surface area contributed by atoms with Gasteiger partial charge in [-0.05, 0) is 126 Å². The third-order valence-corrected chi connectivity index (χ3v) is 9.79. The van der Waals surface area contributed by atoms with Gasteiger partial charge in [0.1, 0.15) is 6.61 Å². The highest BCUT2D eigenvalue weighted by Crippen LogP contribution is 2.41. The number of ether oxygens (including phenoxy) is 2. The minimum absolute atomic E-state index is 0.224. The molecule has 0 radical (unpaired) electrons. The zero-order valence-electron chi connectivity index (χ0n) is 23.8. The average Bonchev–Trinajstić information content (AvgIpc) is 3.26. The minimum atomic E-state index is -0.224. The number of aryl methyl sites for hydroxylation is 2. The largest absolute Gasteiger partial charge is 0.490 e. The van der Waals surface area contributed by atoms with Crippen LogP contribution >= 0.6 is 80.8 Å². The summed E-state index contributed by atoms with van der Waals surface area (Å²) in [6.45, 7) is 6.40. The van der Waals surface area contributed by atoms with E-state index < -0.39 is 0 Å². The second-order valence-corrected chi connectivity index (χ2v) is 13.6. The highest BCUT2D eigenvalue weighted by Gasteiger charge is 2.35. The van der Waals surface area contributed by atoms with Crippen molar-refractivity contribution in [3.8, 4) is 11.5 Å². The van der Waals surface area contributed by atoms with Crippen molar-refractivity contribution in [3.63, 3.8) is 0 Å². The lowest BCUT2D eigenvalue weighted by atomic mass is 10.1. The van der Waals surface area contributed by atoms with E-state index >= 15 is 0 Å². The zero-order chi connectivity index (χ0) is 31.5. The predicted octanol–water partition coefficient (Wildman–Crippen LogP) is 11.3. The molecule has 5 rings (SSSR count). The van der Waals surface area contributed by atoms with Gasteiger partial charge in [-0.25, -0.2) is 4.99 Å². The quantitative estimate of drug-likeness (QED) is 0.132. The summed E-state index contributed by atoms with van der Waals surface area (Å²) in [6.07, 6.45) is 1.82. The van der Waals surface area contributed by atoms with Crippen molar-refractivity contribution in [1.29, 1.82) is 0 Å². The first-order valence-electron chi connectivity index (χ1n) is 13.4. The molecule has 0 spiro atoms. The smallest absolute Gasteiger partial charge is 0.271 e. The predicted molar refractivity (Wildman–Crippen MR) is 194 cm³/mol. The normalized spacial score (nSPS) is 15.0. The van der Waals surface area contributed by atoms with Gasteiger partial charge in [-0.3, -0.25) is 9.69 Å². The van der Waals surface area contributed by atoms with Crippen molar-refractivity contribution < 1.29 is 14.3 Å². The zero-order valence-corrected chi connectivity index (χ0v) is 29.8. The van der Waals surface area contributed by atoms with Crippen molar-refractivity contribution >= 4 is 109 Å². The second-order valence-electron chi connectivity index (χ2n) is 9.80. The summed E-state index contributed by atoms with van der Waals surface area (Å²) in [5, 5.41) is 2.72. The average molecular weight is 798 g/mol. The van der Waals surface area contributed by atoms with Crippen LogP contribution in [0, 0.1) is 17.4 Å². The van der Waals surface area contributed by atoms with E-state index in [1.54, 1.807) is 29.2 Å². The van der Waals surface area contributed by atoms with Crippen LogP contribution in [0.15, 0.2) is 76.6 Å². The molecule has 44 heavy (non-hydrogen) atoms. The fourth-order valence-corrected chi connectivity index (χ4v) is 6.87. The highest BCUT2D eigenvalue weighted by atomic mass is 127. The first-order chi connectivity index (χ1) is 21.0. The van der Waals surface area contributed by atoms with Gasteiger partial charge in [-0.15, -0.1) is 0 Å². The molecule has 1 saturated heterocycles. The lowest BCUT2D eigenvalue weighted by molar-refractivity contribution is -0.113. The maximum atomic E-state index is 13.9. The van der Waals surface area contributed by atoms with Crippen LogP contribution in [-0.2, 0) is 11.4 Å². The van der Waals surface area contributed by atoms with Crippen LogP contribution in [0.4, 0.5) is 11.4 Å². The van der Waals surface area contributed by atoms with E-state index in [0.29, 0.717) is 59.6 Å². The number of carbonyl (C=O) groups is 1. The number of nitrogens with zero attached hydrogens (tertiary/aromatic N) is 2. The molecule has 0 bridgehead atoms. The number of benzene rings is 4. The number of hydrogen-bond donors (Lipinski definition) is 0. The van der Waals surface area contributed by atoms with E-state index in [0.717, 1.165) is 25.8 Å². The Morgan fingerprint density at radius 3 is 2.30 bits per heavy atom. The molecule has 1 amide bonds. The van der Waals surface area contributed by atoms with Gasteiger partial charge >= 0.3 is 0 Å². The lowest BCUT2D eigenvalue weighted by Gasteiger charge is -2.17. The number of carbonyl (C=O) groups excluding carboxylic acids is 1. The van der Waals surface area contributed by atoms with Crippen molar-refractivity contribution in [1.82, 2.24) is 0 Å². The van der Waals surface area contributed by atoms with Gasteiger partial charge < -0.3 is 9.47 Å². The van der Waals surface area contributed by atoms with Crippen LogP contribution in [0.1, 0.15) is 29.2 Å². The fourth-order valence-electron chi connectivity index (χ4n) is 4.27. The third-order valence-electron chi connectivity index (χ3n) is 6.62. The van der Waals surface area contributed by atoms with Gasteiger partial charge in [-0.1, -0.05) is 64.6 Å². The third kappa shape index (κ3) is 7.52. The number of amidine groups is 1. The maximum absolute atomic E-state index is 13.9. The van der Waals surface area contributed by atoms with E-state index in [2.05, 4.69) is 22.6 Å². The molecule has 5 nitrogen and oxygen atoms in total. The molecule has 4 aromatic carbocycles. The van der Waals surface area contributed by atoms with Crippen LogP contribution in [0.5, 0.6) is 11.5 Å². The summed E-state index contributed by atoms with van der Waals surface area (Å²) in [7, 11) is 0. The van der Waals surface area contributed by atoms with Crippen LogP contribution in [0.3, 0.4) is 0 Å². The first-order valence-corrected chi connectivity index (χ1v) is 16.8. The molecule has 1 fully saturated rings.